The van der Waals surface area contributed by atoms with Crippen molar-refractivity contribution >= 4 is 23.5 Å². The van der Waals surface area contributed by atoms with Gasteiger partial charge in [-0.15, -0.1) is 0 Å². The fraction of sp³-hybridized carbons (Fsp3) is 0.500. The molecule has 0 spiro atoms. The lowest BCUT2D eigenvalue weighted by atomic mass is 9.75. The molecule has 0 heterocycles. The Morgan fingerprint density at radius 1 is 1.24 bits per heavy atom. The van der Waals surface area contributed by atoms with Crippen LogP contribution in [0.25, 0.3) is 0 Å². The number of aliphatic carboxylic acids is 1. The Morgan fingerprint density at radius 3 is 2.19 bits per heavy atom. The summed E-state index contributed by atoms with van der Waals surface area (Å²) in [7, 11) is 0. The average molecular weight is 312 g/mol. The second-order valence-electron chi connectivity index (χ2n) is 5.25. The zero-order chi connectivity index (χ0) is 16.0. The maximum Gasteiger partial charge on any atom is 0.308 e. The first-order valence-corrected chi connectivity index (χ1v) is 7.52. The lowest BCUT2D eigenvalue weighted by Gasteiger charge is -2.31. The van der Waals surface area contributed by atoms with Gasteiger partial charge < -0.3 is 10.4 Å². The van der Waals surface area contributed by atoms with Gasteiger partial charge in [-0.2, -0.15) is 0 Å². The second-order valence-corrected chi connectivity index (χ2v) is 5.68. The molecule has 116 valence electrons. The number of nitrogens with one attached hydrogen (secondary N) is 1. The van der Waals surface area contributed by atoms with Gasteiger partial charge in [-0.05, 0) is 30.5 Å². The highest BCUT2D eigenvalue weighted by atomic mass is 35.5. The number of carboxylic acid groups (broad SMARTS) is 1. The molecule has 0 saturated carbocycles. The van der Waals surface area contributed by atoms with Crippen LogP contribution in [0, 0.1) is 5.92 Å². The Balaban J connectivity index is 2.96. The number of benzene rings is 1. The summed E-state index contributed by atoms with van der Waals surface area (Å²) in [5, 5.41) is 12.3. The summed E-state index contributed by atoms with van der Waals surface area (Å²) >= 11 is 5.90. The van der Waals surface area contributed by atoms with Gasteiger partial charge in [-0.1, -0.05) is 44.5 Å². The van der Waals surface area contributed by atoms with Crippen LogP contribution in [0.15, 0.2) is 24.3 Å². The van der Waals surface area contributed by atoms with Crippen LogP contribution in [0.1, 0.15) is 39.2 Å². The Morgan fingerprint density at radius 2 is 1.76 bits per heavy atom. The van der Waals surface area contributed by atoms with Crippen molar-refractivity contribution in [2.45, 2.75) is 39.0 Å². The number of amides is 1. The van der Waals surface area contributed by atoms with E-state index in [0.29, 0.717) is 17.9 Å². The van der Waals surface area contributed by atoms with Gasteiger partial charge in [0.25, 0.3) is 0 Å². The van der Waals surface area contributed by atoms with Gasteiger partial charge in [-0.3, -0.25) is 9.59 Å². The first kappa shape index (κ1) is 17.5. The SMILES string of the molecule is CCC(CC)(C(=O)NCC(C)C(=O)O)c1ccc(Cl)cc1. The molecule has 0 bridgehead atoms. The summed E-state index contributed by atoms with van der Waals surface area (Å²) in [4.78, 5) is 23.4. The van der Waals surface area contributed by atoms with Crippen LogP contribution in [-0.4, -0.2) is 23.5 Å². The first-order valence-electron chi connectivity index (χ1n) is 7.14. The van der Waals surface area contributed by atoms with Crippen molar-refractivity contribution < 1.29 is 14.7 Å². The molecule has 1 unspecified atom stereocenters. The van der Waals surface area contributed by atoms with Crippen LogP contribution in [0.4, 0.5) is 0 Å². The molecule has 1 rings (SSSR count). The van der Waals surface area contributed by atoms with Crippen molar-refractivity contribution in [3.8, 4) is 0 Å². The summed E-state index contributed by atoms with van der Waals surface area (Å²) in [6.07, 6.45) is 1.27. The van der Waals surface area contributed by atoms with E-state index in [1.807, 2.05) is 26.0 Å². The molecule has 21 heavy (non-hydrogen) atoms. The van der Waals surface area contributed by atoms with Crippen LogP contribution in [0.5, 0.6) is 0 Å². The number of carbonyl (C=O) groups excluding carboxylic acids is 1. The Kier molecular flexibility index (Phi) is 6.21. The van der Waals surface area contributed by atoms with Gasteiger partial charge in [0.05, 0.1) is 11.3 Å². The van der Waals surface area contributed by atoms with Gasteiger partial charge in [0, 0.05) is 11.6 Å². The van der Waals surface area contributed by atoms with Gasteiger partial charge in [0.2, 0.25) is 5.91 Å². The van der Waals surface area contributed by atoms with Gasteiger partial charge in [-0.25, -0.2) is 0 Å². The van der Waals surface area contributed by atoms with Gasteiger partial charge in [0.15, 0.2) is 0 Å². The smallest absolute Gasteiger partial charge is 0.308 e. The molecule has 0 fully saturated rings. The molecule has 1 aromatic rings. The largest absolute Gasteiger partial charge is 0.481 e. The van der Waals surface area contributed by atoms with Crippen molar-refractivity contribution in [3.05, 3.63) is 34.9 Å². The molecule has 0 aliphatic rings. The highest BCUT2D eigenvalue weighted by molar-refractivity contribution is 6.30. The first-order chi connectivity index (χ1) is 9.87. The Hall–Kier alpha value is -1.55. The van der Waals surface area contributed by atoms with E-state index in [9.17, 15) is 9.59 Å². The van der Waals surface area contributed by atoms with E-state index in [-0.39, 0.29) is 12.5 Å². The molecule has 2 N–H and O–H groups in total. The predicted octanol–water partition coefficient (Wildman–Crippen LogP) is 3.23. The minimum Gasteiger partial charge on any atom is -0.481 e. The predicted molar refractivity (Wildman–Crippen MR) is 83.5 cm³/mol. The van der Waals surface area contributed by atoms with Crippen LogP contribution >= 0.6 is 11.6 Å². The molecule has 0 saturated heterocycles. The maximum atomic E-state index is 12.6. The number of rotatable bonds is 7. The lowest BCUT2D eigenvalue weighted by molar-refractivity contribution is -0.141. The molecule has 0 aliphatic heterocycles. The highest BCUT2D eigenvalue weighted by Crippen LogP contribution is 2.32. The third-order valence-corrected chi connectivity index (χ3v) is 4.28. The zero-order valence-corrected chi connectivity index (χ0v) is 13.4. The fourth-order valence-corrected chi connectivity index (χ4v) is 2.51. The number of hydrogen-bond acceptors (Lipinski definition) is 2. The van der Waals surface area contributed by atoms with E-state index in [1.165, 1.54) is 0 Å². The third kappa shape index (κ3) is 3.97. The molecule has 0 aliphatic carbocycles. The molecule has 1 aromatic carbocycles. The quantitative estimate of drug-likeness (QED) is 0.812. The number of hydrogen-bond donors (Lipinski definition) is 2. The van der Waals surface area contributed by atoms with E-state index < -0.39 is 17.3 Å². The molecule has 5 heteroatoms. The molecular formula is C16H22ClNO3. The normalized spacial score (nSPS) is 12.8. The molecule has 4 nitrogen and oxygen atoms in total. The van der Waals surface area contributed by atoms with Gasteiger partial charge in [0.1, 0.15) is 0 Å². The second kappa shape index (κ2) is 7.46. The van der Waals surface area contributed by atoms with Crippen LogP contribution in [0.3, 0.4) is 0 Å². The van der Waals surface area contributed by atoms with Crippen molar-refractivity contribution in [3.63, 3.8) is 0 Å². The number of carbonyl (C=O) groups is 2. The summed E-state index contributed by atoms with van der Waals surface area (Å²) in [5.41, 5.74) is 0.250. The van der Waals surface area contributed by atoms with Gasteiger partial charge >= 0.3 is 5.97 Å². The summed E-state index contributed by atoms with van der Waals surface area (Å²) in [5.74, 6) is -1.66. The summed E-state index contributed by atoms with van der Waals surface area (Å²) < 4.78 is 0. The van der Waals surface area contributed by atoms with Crippen molar-refractivity contribution in [1.82, 2.24) is 5.32 Å². The molecular weight excluding hydrogens is 290 g/mol. The summed E-state index contributed by atoms with van der Waals surface area (Å²) in [6.45, 7) is 5.62. The summed E-state index contributed by atoms with van der Waals surface area (Å²) in [6, 6.07) is 7.25. The Labute approximate surface area is 130 Å². The van der Waals surface area contributed by atoms with E-state index in [1.54, 1.807) is 19.1 Å². The van der Waals surface area contributed by atoms with Crippen molar-refractivity contribution in [1.29, 1.82) is 0 Å². The zero-order valence-electron chi connectivity index (χ0n) is 12.6. The highest BCUT2D eigenvalue weighted by Gasteiger charge is 2.36. The molecule has 0 radical (unpaired) electrons. The van der Waals surface area contributed by atoms with Crippen LogP contribution in [0.2, 0.25) is 5.02 Å². The lowest BCUT2D eigenvalue weighted by Crippen LogP contribution is -2.45. The average Bonchev–Trinajstić information content (AvgIpc) is 2.48. The number of carboxylic acids is 1. The van der Waals surface area contributed by atoms with E-state index in [0.717, 1.165) is 5.56 Å². The topological polar surface area (TPSA) is 66.4 Å². The minimum atomic E-state index is -0.916. The molecule has 1 atom stereocenters. The van der Waals surface area contributed by atoms with E-state index in [2.05, 4.69) is 5.32 Å². The van der Waals surface area contributed by atoms with Crippen molar-refractivity contribution in [2.75, 3.05) is 6.54 Å². The number of halogens is 1. The van der Waals surface area contributed by atoms with E-state index in [4.69, 9.17) is 16.7 Å². The van der Waals surface area contributed by atoms with E-state index >= 15 is 0 Å². The van der Waals surface area contributed by atoms with Crippen LogP contribution < -0.4 is 5.32 Å². The molecule has 0 aromatic heterocycles. The maximum absolute atomic E-state index is 12.6. The standard InChI is InChI=1S/C16H22ClNO3/c1-4-16(5-2,12-6-8-13(17)9-7-12)15(21)18-10-11(3)14(19)20/h6-9,11H,4-5,10H2,1-3H3,(H,18,21)(H,19,20). The third-order valence-electron chi connectivity index (χ3n) is 4.03. The molecule has 1 amide bonds. The monoisotopic (exact) mass is 311 g/mol. The fourth-order valence-electron chi connectivity index (χ4n) is 2.38. The van der Waals surface area contributed by atoms with Crippen LogP contribution in [-0.2, 0) is 15.0 Å². The van der Waals surface area contributed by atoms with Crippen molar-refractivity contribution in [2.24, 2.45) is 5.92 Å². The Bertz CT molecular complexity index is 495. The minimum absolute atomic E-state index is 0.128.